The second-order valence-electron chi connectivity index (χ2n) is 4.67. The first-order chi connectivity index (χ1) is 9.67. The third-order valence-electron chi connectivity index (χ3n) is 3.43. The van der Waals surface area contributed by atoms with Crippen molar-refractivity contribution in [1.82, 2.24) is 20.0 Å². The maximum Gasteiger partial charge on any atom is 0.358 e. The third-order valence-corrected chi connectivity index (χ3v) is 3.43. The van der Waals surface area contributed by atoms with Gasteiger partial charge in [0.1, 0.15) is 5.69 Å². The highest BCUT2D eigenvalue weighted by Gasteiger charge is 2.22. The lowest BCUT2D eigenvalue weighted by Gasteiger charge is -2.13. The second-order valence-corrected chi connectivity index (χ2v) is 4.67. The molecule has 2 aromatic heterocycles. The lowest BCUT2D eigenvalue weighted by atomic mass is 10.0. The molecule has 20 heavy (non-hydrogen) atoms. The van der Waals surface area contributed by atoms with E-state index >= 15 is 0 Å². The van der Waals surface area contributed by atoms with Crippen LogP contribution in [0.1, 0.15) is 37.2 Å². The number of rotatable bonds is 6. The molecule has 106 valence electrons. The normalized spacial score (nSPS) is 10.9. The van der Waals surface area contributed by atoms with Crippen molar-refractivity contribution in [3.05, 3.63) is 30.1 Å². The standard InChI is InChI=1S/C14H18N4O2/c1-3-10(4-2)9-18-13(11-7-5-6-8-15-11)12(14(19)20)16-17-18/h5-8,10H,3-4,9H2,1-2H3,(H,19,20). The van der Waals surface area contributed by atoms with Crippen molar-refractivity contribution in [1.29, 1.82) is 0 Å². The highest BCUT2D eigenvalue weighted by atomic mass is 16.4. The summed E-state index contributed by atoms with van der Waals surface area (Å²) < 4.78 is 1.66. The minimum absolute atomic E-state index is 0.0466. The lowest BCUT2D eigenvalue weighted by molar-refractivity contribution is 0.0691. The molecule has 0 spiro atoms. The van der Waals surface area contributed by atoms with Crippen LogP contribution in [0.4, 0.5) is 0 Å². The zero-order chi connectivity index (χ0) is 14.5. The quantitative estimate of drug-likeness (QED) is 0.875. The van der Waals surface area contributed by atoms with Crippen molar-refractivity contribution >= 4 is 5.97 Å². The van der Waals surface area contributed by atoms with Crippen LogP contribution >= 0.6 is 0 Å². The summed E-state index contributed by atoms with van der Waals surface area (Å²) in [6, 6.07) is 5.38. The van der Waals surface area contributed by atoms with Gasteiger partial charge in [0.2, 0.25) is 0 Å². The average molecular weight is 274 g/mol. The van der Waals surface area contributed by atoms with E-state index in [0.717, 1.165) is 12.8 Å². The van der Waals surface area contributed by atoms with Crippen LogP contribution in [0.3, 0.4) is 0 Å². The predicted molar refractivity (Wildman–Crippen MR) is 74.3 cm³/mol. The molecular formula is C14H18N4O2. The molecule has 0 fully saturated rings. The number of aromatic carboxylic acids is 1. The third kappa shape index (κ3) is 2.84. The Morgan fingerprint density at radius 3 is 2.65 bits per heavy atom. The second kappa shape index (κ2) is 6.27. The van der Waals surface area contributed by atoms with E-state index < -0.39 is 5.97 Å². The minimum Gasteiger partial charge on any atom is -0.476 e. The fraction of sp³-hybridized carbons (Fsp3) is 0.429. The van der Waals surface area contributed by atoms with Crippen molar-refractivity contribution in [2.75, 3.05) is 0 Å². The van der Waals surface area contributed by atoms with Gasteiger partial charge in [0.15, 0.2) is 5.69 Å². The maximum absolute atomic E-state index is 11.3. The van der Waals surface area contributed by atoms with Crippen molar-refractivity contribution in [2.24, 2.45) is 5.92 Å². The first kappa shape index (κ1) is 14.2. The van der Waals surface area contributed by atoms with Crippen LogP contribution < -0.4 is 0 Å². The molecule has 0 radical (unpaired) electrons. The van der Waals surface area contributed by atoms with Crippen LogP contribution in [0.2, 0.25) is 0 Å². The molecule has 2 aromatic rings. The van der Waals surface area contributed by atoms with E-state index in [1.807, 2.05) is 6.07 Å². The molecule has 0 atom stereocenters. The van der Waals surface area contributed by atoms with Gasteiger partial charge in [-0.3, -0.25) is 4.98 Å². The van der Waals surface area contributed by atoms with Gasteiger partial charge < -0.3 is 5.11 Å². The van der Waals surface area contributed by atoms with E-state index in [4.69, 9.17) is 0 Å². The van der Waals surface area contributed by atoms with Gasteiger partial charge in [0, 0.05) is 12.7 Å². The van der Waals surface area contributed by atoms with E-state index in [0.29, 0.717) is 23.9 Å². The smallest absolute Gasteiger partial charge is 0.358 e. The monoisotopic (exact) mass is 274 g/mol. The molecule has 0 aliphatic rings. The fourth-order valence-electron chi connectivity index (χ4n) is 2.13. The Labute approximate surface area is 117 Å². The molecule has 0 saturated heterocycles. The fourth-order valence-corrected chi connectivity index (χ4v) is 2.13. The topological polar surface area (TPSA) is 80.9 Å². The van der Waals surface area contributed by atoms with Gasteiger partial charge in [0.25, 0.3) is 0 Å². The predicted octanol–water partition coefficient (Wildman–Crippen LogP) is 2.47. The van der Waals surface area contributed by atoms with Crippen LogP contribution in [0.25, 0.3) is 11.4 Å². The molecule has 0 unspecified atom stereocenters. The molecule has 6 heteroatoms. The summed E-state index contributed by atoms with van der Waals surface area (Å²) in [5, 5.41) is 17.0. The van der Waals surface area contributed by atoms with E-state index in [1.165, 1.54) is 0 Å². The summed E-state index contributed by atoms with van der Waals surface area (Å²) in [5.74, 6) is -0.637. The molecule has 2 rings (SSSR count). The average Bonchev–Trinajstić information content (AvgIpc) is 2.89. The molecule has 2 heterocycles. The van der Waals surface area contributed by atoms with Crippen molar-refractivity contribution in [3.63, 3.8) is 0 Å². The maximum atomic E-state index is 11.3. The van der Waals surface area contributed by atoms with Gasteiger partial charge in [-0.05, 0) is 18.1 Å². The zero-order valence-corrected chi connectivity index (χ0v) is 11.7. The van der Waals surface area contributed by atoms with E-state index in [9.17, 15) is 9.90 Å². The number of carbonyl (C=O) groups is 1. The number of hydrogen-bond donors (Lipinski definition) is 1. The summed E-state index contributed by atoms with van der Waals surface area (Å²) in [7, 11) is 0. The first-order valence-corrected chi connectivity index (χ1v) is 6.75. The number of nitrogens with zero attached hydrogens (tertiary/aromatic N) is 4. The molecule has 0 amide bonds. The van der Waals surface area contributed by atoms with E-state index in [2.05, 4.69) is 29.1 Å². The Morgan fingerprint density at radius 1 is 1.35 bits per heavy atom. The molecule has 0 aromatic carbocycles. The Hall–Kier alpha value is -2.24. The number of pyridine rings is 1. The number of aromatic nitrogens is 4. The SMILES string of the molecule is CCC(CC)Cn1nnc(C(=O)O)c1-c1ccccn1. The van der Waals surface area contributed by atoms with Crippen molar-refractivity contribution in [2.45, 2.75) is 33.2 Å². The summed E-state index contributed by atoms with van der Waals surface area (Å²) in [5.41, 5.74) is 1.01. The Morgan fingerprint density at radius 2 is 2.10 bits per heavy atom. The van der Waals surface area contributed by atoms with Gasteiger partial charge in [-0.2, -0.15) is 0 Å². The summed E-state index contributed by atoms with van der Waals surface area (Å²) in [6.07, 6.45) is 3.66. The molecular weight excluding hydrogens is 256 g/mol. The number of hydrogen-bond acceptors (Lipinski definition) is 4. The summed E-state index contributed by atoms with van der Waals surface area (Å²) >= 11 is 0. The number of carboxylic acids is 1. The molecule has 1 N–H and O–H groups in total. The van der Waals surface area contributed by atoms with Crippen molar-refractivity contribution < 1.29 is 9.90 Å². The Kier molecular flexibility index (Phi) is 4.45. The van der Waals surface area contributed by atoms with Gasteiger partial charge in [-0.1, -0.05) is 38.0 Å². The molecule has 6 nitrogen and oxygen atoms in total. The largest absolute Gasteiger partial charge is 0.476 e. The molecule has 0 saturated carbocycles. The van der Waals surface area contributed by atoms with Crippen LogP contribution in [0.5, 0.6) is 0 Å². The summed E-state index contributed by atoms with van der Waals surface area (Å²) in [4.78, 5) is 15.5. The van der Waals surface area contributed by atoms with Crippen LogP contribution in [0, 0.1) is 5.92 Å². The zero-order valence-electron chi connectivity index (χ0n) is 11.7. The van der Waals surface area contributed by atoms with Gasteiger partial charge >= 0.3 is 5.97 Å². The highest BCUT2D eigenvalue weighted by molar-refractivity contribution is 5.92. The van der Waals surface area contributed by atoms with Crippen LogP contribution in [-0.4, -0.2) is 31.1 Å². The minimum atomic E-state index is -1.08. The first-order valence-electron chi connectivity index (χ1n) is 6.75. The van der Waals surface area contributed by atoms with E-state index in [1.54, 1.807) is 23.0 Å². The van der Waals surface area contributed by atoms with Crippen molar-refractivity contribution in [3.8, 4) is 11.4 Å². The van der Waals surface area contributed by atoms with Gasteiger partial charge in [-0.15, -0.1) is 5.10 Å². The molecule has 0 bridgehead atoms. The lowest BCUT2D eigenvalue weighted by Crippen LogP contribution is -2.13. The van der Waals surface area contributed by atoms with Gasteiger partial charge in [0.05, 0.1) is 5.69 Å². The van der Waals surface area contributed by atoms with E-state index in [-0.39, 0.29) is 5.69 Å². The number of carboxylic acid groups (broad SMARTS) is 1. The Bertz CT molecular complexity index is 576. The summed E-state index contributed by atoms with van der Waals surface area (Å²) in [6.45, 7) is 4.88. The molecule has 0 aliphatic carbocycles. The van der Waals surface area contributed by atoms with Gasteiger partial charge in [-0.25, -0.2) is 9.48 Å². The van der Waals surface area contributed by atoms with Crippen LogP contribution in [0.15, 0.2) is 24.4 Å². The van der Waals surface area contributed by atoms with Crippen LogP contribution in [-0.2, 0) is 6.54 Å². The highest BCUT2D eigenvalue weighted by Crippen LogP contribution is 2.22. The molecule has 0 aliphatic heterocycles. The Balaban J connectivity index is 2.46.